The van der Waals surface area contributed by atoms with Crippen molar-refractivity contribution in [3.63, 3.8) is 0 Å². The number of fused-ring (bicyclic) bond motifs is 1. The van der Waals surface area contributed by atoms with Gasteiger partial charge in [-0.15, -0.1) is 5.10 Å². The van der Waals surface area contributed by atoms with Gasteiger partial charge >= 0.3 is 0 Å². The zero-order valence-electron chi connectivity index (χ0n) is 12.7. The second kappa shape index (κ2) is 4.30. The summed E-state index contributed by atoms with van der Waals surface area (Å²) in [6.45, 7) is 11.5. The Labute approximate surface area is 116 Å². The molecule has 3 rings (SSSR count). The molecular weight excluding hydrogens is 236 g/mol. The predicted molar refractivity (Wildman–Crippen MR) is 75.9 cm³/mol. The Balaban J connectivity index is 1.91. The number of nitrogens with one attached hydrogen (secondary N) is 1. The zero-order valence-corrected chi connectivity index (χ0v) is 12.7. The highest BCUT2D eigenvalue weighted by atomic mass is 15.4. The Morgan fingerprint density at radius 2 is 1.84 bits per heavy atom. The number of hydrogen-bond donors (Lipinski definition) is 1. The summed E-state index contributed by atoms with van der Waals surface area (Å²) >= 11 is 0. The Morgan fingerprint density at radius 1 is 1.16 bits per heavy atom. The van der Waals surface area contributed by atoms with E-state index in [2.05, 4.69) is 48.0 Å². The molecule has 0 atom stereocenters. The molecule has 2 heterocycles. The van der Waals surface area contributed by atoms with Gasteiger partial charge in [0.1, 0.15) is 0 Å². The van der Waals surface area contributed by atoms with Crippen molar-refractivity contribution in [3.05, 3.63) is 11.4 Å². The van der Waals surface area contributed by atoms with Crippen LogP contribution in [-0.2, 0) is 13.0 Å². The van der Waals surface area contributed by atoms with Gasteiger partial charge in [0, 0.05) is 19.5 Å². The summed E-state index contributed by atoms with van der Waals surface area (Å²) in [6, 6.07) is 0.521. The van der Waals surface area contributed by atoms with E-state index < -0.39 is 0 Å². The van der Waals surface area contributed by atoms with E-state index in [0.29, 0.717) is 16.9 Å². The summed E-state index contributed by atoms with van der Waals surface area (Å²) in [5.74, 6) is 0. The molecule has 0 bridgehead atoms. The molecule has 0 unspecified atom stereocenters. The molecule has 1 aromatic rings. The summed E-state index contributed by atoms with van der Waals surface area (Å²) in [4.78, 5) is 0. The summed E-state index contributed by atoms with van der Waals surface area (Å²) in [5, 5.41) is 12.2. The molecule has 1 aromatic heterocycles. The molecule has 0 radical (unpaired) electrons. The molecule has 1 saturated carbocycles. The van der Waals surface area contributed by atoms with E-state index in [-0.39, 0.29) is 0 Å². The summed E-state index contributed by atoms with van der Waals surface area (Å²) in [5.41, 5.74) is 3.33. The van der Waals surface area contributed by atoms with E-state index in [9.17, 15) is 0 Å². The lowest BCUT2D eigenvalue weighted by Gasteiger charge is -2.45. The fourth-order valence-electron chi connectivity index (χ4n) is 4.41. The van der Waals surface area contributed by atoms with Crippen molar-refractivity contribution in [3.8, 4) is 0 Å². The van der Waals surface area contributed by atoms with Crippen LogP contribution in [0.3, 0.4) is 0 Å². The summed E-state index contributed by atoms with van der Waals surface area (Å²) < 4.78 is 2.25. The van der Waals surface area contributed by atoms with Gasteiger partial charge < -0.3 is 5.32 Å². The van der Waals surface area contributed by atoms with Crippen LogP contribution in [0.25, 0.3) is 0 Å². The molecule has 1 aliphatic heterocycles. The van der Waals surface area contributed by atoms with Crippen molar-refractivity contribution in [1.82, 2.24) is 20.3 Å². The van der Waals surface area contributed by atoms with Gasteiger partial charge in [-0.1, -0.05) is 32.9 Å². The standard InChI is InChI=1S/C15H26N4/c1-14(2)7-11(8-15(3,4)10-14)19-13-5-6-16-9-12(13)17-18-19/h11,16H,5-10H2,1-4H3. The lowest BCUT2D eigenvalue weighted by molar-refractivity contribution is 0.0652. The van der Waals surface area contributed by atoms with E-state index in [1.807, 2.05) is 0 Å². The average Bonchev–Trinajstić information content (AvgIpc) is 2.68. The SMILES string of the molecule is CC1(C)CC(n2nnc3c2CCNC3)CC(C)(C)C1. The van der Waals surface area contributed by atoms with Crippen molar-refractivity contribution < 1.29 is 0 Å². The Morgan fingerprint density at radius 3 is 2.53 bits per heavy atom. The van der Waals surface area contributed by atoms with E-state index >= 15 is 0 Å². The topological polar surface area (TPSA) is 42.7 Å². The minimum Gasteiger partial charge on any atom is -0.311 e. The zero-order chi connectivity index (χ0) is 13.7. The highest BCUT2D eigenvalue weighted by Gasteiger charge is 2.40. The molecule has 19 heavy (non-hydrogen) atoms. The van der Waals surface area contributed by atoms with Crippen LogP contribution in [0.15, 0.2) is 0 Å². The third-order valence-corrected chi connectivity index (χ3v) is 4.58. The van der Waals surface area contributed by atoms with Gasteiger partial charge in [0.25, 0.3) is 0 Å². The van der Waals surface area contributed by atoms with Gasteiger partial charge in [-0.2, -0.15) is 0 Å². The smallest absolute Gasteiger partial charge is 0.0997 e. The molecule has 0 aromatic carbocycles. The highest BCUT2D eigenvalue weighted by Crippen LogP contribution is 2.50. The van der Waals surface area contributed by atoms with Gasteiger partial charge in [-0.25, -0.2) is 4.68 Å². The van der Waals surface area contributed by atoms with Gasteiger partial charge in [0.2, 0.25) is 0 Å². The first-order valence-electron chi connectivity index (χ1n) is 7.50. The maximum Gasteiger partial charge on any atom is 0.0997 e. The van der Waals surface area contributed by atoms with E-state index in [1.54, 1.807) is 0 Å². The fourth-order valence-corrected chi connectivity index (χ4v) is 4.41. The van der Waals surface area contributed by atoms with Gasteiger partial charge in [0.05, 0.1) is 17.4 Å². The second-order valence-electron chi connectivity index (χ2n) is 7.92. The van der Waals surface area contributed by atoms with Crippen LogP contribution in [0.2, 0.25) is 0 Å². The number of hydrogen-bond acceptors (Lipinski definition) is 3. The number of aromatic nitrogens is 3. The van der Waals surface area contributed by atoms with Crippen LogP contribution in [0.1, 0.15) is 64.4 Å². The minimum atomic E-state index is 0.401. The van der Waals surface area contributed by atoms with Crippen LogP contribution in [-0.4, -0.2) is 21.5 Å². The molecular formula is C15H26N4. The number of rotatable bonds is 1. The summed E-state index contributed by atoms with van der Waals surface area (Å²) in [6.07, 6.45) is 4.81. The van der Waals surface area contributed by atoms with Crippen LogP contribution in [0.4, 0.5) is 0 Å². The number of nitrogens with zero attached hydrogens (tertiary/aromatic N) is 3. The van der Waals surface area contributed by atoms with Crippen LogP contribution in [0, 0.1) is 10.8 Å². The normalized spacial score (nSPS) is 26.1. The highest BCUT2D eigenvalue weighted by molar-refractivity contribution is 5.14. The van der Waals surface area contributed by atoms with Crippen molar-refractivity contribution in [2.24, 2.45) is 10.8 Å². The van der Waals surface area contributed by atoms with E-state index in [0.717, 1.165) is 25.2 Å². The van der Waals surface area contributed by atoms with Crippen molar-refractivity contribution in [1.29, 1.82) is 0 Å². The first kappa shape index (κ1) is 13.1. The molecule has 1 aliphatic carbocycles. The van der Waals surface area contributed by atoms with Crippen molar-refractivity contribution >= 4 is 0 Å². The third-order valence-electron chi connectivity index (χ3n) is 4.58. The van der Waals surface area contributed by atoms with Crippen LogP contribution >= 0.6 is 0 Å². The first-order chi connectivity index (χ1) is 8.86. The Hall–Kier alpha value is -0.900. The second-order valence-corrected chi connectivity index (χ2v) is 7.92. The van der Waals surface area contributed by atoms with Gasteiger partial charge in [-0.05, 0) is 30.1 Å². The predicted octanol–water partition coefficient (Wildman–Crippen LogP) is 2.70. The molecule has 1 fully saturated rings. The largest absolute Gasteiger partial charge is 0.311 e. The first-order valence-corrected chi connectivity index (χ1v) is 7.50. The molecule has 106 valence electrons. The van der Waals surface area contributed by atoms with Crippen molar-refractivity contribution in [2.75, 3.05) is 6.54 Å². The molecule has 0 saturated heterocycles. The molecule has 1 N–H and O–H groups in total. The third kappa shape index (κ3) is 2.55. The minimum absolute atomic E-state index is 0.401. The lowest BCUT2D eigenvalue weighted by Crippen LogP contribution is -2.36. The Kier molecular flexibility index (Phi) is 2.97. The van der Waals surface area contributed by atoms with Crippen molar-refractivity contribution in [2.45, 2.75) is 66.0 Å². The quantitative estimate of drug-likeness (QED) is 0.846. The molecule has 0 amide bonds. The van der Waals surface area contributed by atoms with Crippen LogP contribution in [0.5, 0.6) is 0 Å². The monoisotopic (exact) mass is 262 g/mol. The fraction of sp³-hybridized carbons (Fsp3) is 0.867. The molecule has 4 heteroatoms. The van der Waals surface area contributed by atoms with Crippen LogP contribution < -0.4 is 5.32 Å². The average molecular weight is 262 g/mol. The maximum atomic E-state index is 4.48. The maximum absolute atomic E-state index is 4.48. The Bertz CT molecular complexity index is 456. The molecule has 0 spiro atoms. The van der Waals surface area contributed by atoms with E-state index in [1.165, 1.54) is 25.0 Å². The van der Waals surface area contributed by atoms with Gasteiger partial charge in [-0.3, -0.25) is 0 Å². The van der Waals surface area contributed by atoms with E-state index in [4.69, 9.17) is 0 Å². The molecule has 2 aliphatic rings. The summed E-state index contributed by atoms with van der Waals surface area (Å²) in [7, 11) is 0. The van der Waals surface area contributed by atoms with Gasteiger partial charge in [0.15, 0.2) is 0 Å². The lowest BCUT2D eigenvalue weighted by atomic mass is 9.63. The molecule has 4 nitrogen and oxygen atoms in total.